The molecule has 0 saturated carbocycles. The van der Waals surface area contributed by atoms with Gasteiger partial charge in [-0.1, -0.05) is 50.6 Å². The highest BCUT2D eigenvalue weighted by Crippen LogP contribution is 2.32. The summed E-state index contributed by atoms with van der Waals surface area (Å²) in [5, 5.41) is 15.1. The molecule has 27 heavy (non-hydrogen) atoms. The third-order valence-electron chi connectivity index (χ3n) is 3.96. The lowest BCUT2D eigenvalue weighted by Crippen LogP contribution is -2.14. The SMILES string of the molecule is COc1ccc(Cl)cc1Nc1nncc(Nc2ccccc2C(C)(C)C)n1. The van der Waals surface area contributed by atoms with Gasteiger partial charge < -0.3 is 15.4 Å². The molecule has 7 heteroatoms. The van der Waals surface area contributed by atoms with Crippen LogP contribution in [0.15, 0.2) is 48.7 Å². The minimum Gasteiger partial charge on any atom is -0.495 e. The second-order valence-corrected chi connectivity index (χ2v) is 7.49. The van der Waals surface area contributed by atoms with E-state index in [0.717, 1.165) is 5.69 Å². The molecule has 0 aliphatic rings. The van der Waals surface area contributed by atoms with Crippen LogP contribution in [0, 0.1) is 0 Å². The van der Waals surface area contributed by atoms with Gasteiger partial charge in [0.2, 0.25) is 5.95 Å². The predicted octanol–water partition coefficient (Wildman–Crippen LogP) is 5.32. The summed E-state index contributed by atoms with van der Waals surface area (Å²) >= 11 is 6.07. The lowest BCUT2D eigenvalue weighted by Gasteiger charge is -2.23. The Morgan fingerprint density at radius 1 is 1.00 bits per heavy atom. The van der Waals surface area contributed by atoms with E-state index in [-0.39, 0.29) is 5.41 Å². The zero-order valence-corrected chi connectivity index (χ0v) is 16.5. The molecule has 0 bridgehead atoms. The van der Waals surface area contributed by atoms with E-state index in [4.69, 9.17) is 16.3 Å². The van der Waals surface area contributed by atoms with Gasteiger partial charge in [0, 0.05) is 10.7 Å². The number of hydrogen-bond acceptors (Lipinski definition) is 6. The minimum atomic E-state index is -0.000708. The molecule has 2 N–H and O–H groups in total. The summed E-state index contributed by atoms with van der Waals surface area (Å²) in [5.41, 5.74) is 2.84. The van der Waals surface area contributed by atoms with Gasteiger partial charge in [-0.2, -0.15) is 10.1 Å². The van der Waals surface area contributed by atoms with Gasteiger partial charge in [-0.05, 0) is 35.2 Å². The Hall–Kier alpha value is -2.86. The van der Waals surface area contributed by atoms with Gasteiger partial charge in [-0.15, -0.1) is 5.10 Å². The number of benzene rings is 2. The van der Waals surface area contributed by atoms with Crippen LogP contribution < -0.4 is 15.4 Å². The minimum absolute atomic E-state index is 0.000708. The third-order valence-corrected chi connectivity index (χ3v) is 4.20. The van der Waals surface area contributed by atoms with Crippen LogP contribution in [-0.4, -0.2) is 22.3 Å². The molecular weight excluding hydrogens is 362 g/mol. The van der Waals surface area contributed by atoms with E-state index in [1.54, 1.807) is 31.5 Å². The fourth-order valence-corrected chi connectivity index (χ4v) is 2.87. The molecule has 0 aliphatic carbocycles. The van der Waals surface area contributed by atoms with Gasteiger partial charge in [0.1, 0.15) is 5.75 Å². The van der Waals surface area contributed by atoms with Crippen LogP contribution in [0.25, 0.3) is 0 Å². The van der Waals surface area contributed by atoms with Crippen molar-refractivity contribution in [2.75, 3.05) is 17.7 Å². The van der Waals surface area contributed by atoms with E-state index >= 15 is 0 Å². The molecule has 0 fully saturated rings. The molecule has 6 nitrogen and oxygen atoms in total. The van der Waals surface area contributed by atoms with Crippen molar-refractivity contribution in [3.05, 3.63) is 59.2 Å². The van der Waals surface area contributed by atoms with Gasteiger partial charge >= 0.3 is 0 Å². The van der Waals surface area contributed by atoms with Gasteiger partial charge in [0.15, 0.2) is 5.82 Å². The Balaban J connectivity index is 1.87. The Morgan fingerprint density at radius 3 is 2.52 bits per heavy atom. The van der Waals surface area contributed by atoms with Crippen molar-refractivity contribution in [3.63, 3.8) is 0 Å². The van der Waals surface area contributed by atoms with Crippen LogP contribution >= 0.6 is 11.6 Å². The van der Waals surface area contributed by atoms with Crippen LogP contribution in [0.5, 0.6) is 5.75 Å². The van der Waals surface area contributed by atoms with E-state index in [0.29, 0.717) is 28.2 Å². The molecule has 1 aromatic heterocycles. The number of methoxy groups -OCH3 is 1. The average Bonchev–Trinajstić information content (AvgIpc) is 2.62. The Labute approximate surface area is 164 Å². The van der Waals surface area contributed by atoms with Crippen molar-refractivity contribution in [3.8, 4) is 5.75 Å². The van der Waals surface area contributed by atoms with Crippen LogP contribution in [0.4, 0.5) is 23.1 Å². The summed E-state index contributed by atoms with van der Waals surface area (Å²) in [4.78, 5) is 4.50. The number of aromatic nitrogens is 3. The lowest BCUT2D eigenvalue weighted by molar-refractivity contribution is 0.417. The van der Waals surface area contributed by atoms with Crippen molar-refractivity contribution in [2.24, 2.45) is 0 Å². The van der Waals surface area contributed by atoms with Gasteiger partial charge in [-0.3, -0.25) is 0 Å². The number of hydrogen-bond donors (Lipinski definition) is 2. The molecule has 0 unspecified atom stereocenters. The highest BCUT2D eigenvalue weighted by molar-refractivity contribution is 6.31. The smallest absolute Gasteiger partial charge is 0.249 e. The lowest BCUT2D eigenvalue weighted by atomic mass is 9.86. The maximum Gasteiger partial charge on any atom is 0.249 e. The van der Waals surface area contributed by atoms with E-state index in [1.165, 1.54) is 5.56 Å². The normalized spacial score (nSPS) is 11.1. The molecule has 0 amide bonds. The fraction of sp³-hybridized carbons (Fsp3) is 0.250. The molecule has 0 atom stereocenters. The zero-order valence-electron chi connectivity index (χ0n) is 15.7. The molecule has 2 aromatic carbocycles. The van der Waals surface area contributed by atoms with Crippen LogP contribution in [0.2, 0.25) is 5.02 Å². The second kappa shape index (κ2) is 7.80. The summed E-state index contributed by atoms with van der Waals surface area (Å²) in [6.45, 7) is 6.51. The molecule has 3 rings (SSSR count). The largest absolute Gasteiger partial charge is 0.495 e. The quantitative estimate of drug-likeness (QED) is 0.621. The topological polar surface area (TPSA) is 72.0 Å². The molecule has 0 saturated heterocycles. The van der Waals surface area contributed by atoms with Crippen LogP contribution in [0.3, 0.4) is 0 Å². The molecule has 0 aliphatic heterocycles. The highest BCUT2D eigenvalue weighted by atomic mass is 35.5. The predicted molar refractivity (Wildman–Crippen MR) is 110 cm³/mol. The van der Waals surface area contributed by atoms with E-state index < -0.39 is 0 Å². The highest BCUT2D eigenvalue weighted by Gasteiger charge is 2.18. The summed E-state index contributed by atoms with van der Waals surface area (Å²) in [6, 6.07) is 13.4. The Morgan fingerprint density at radius 2 is 1.78 bits per heavy atom. The summed E-state index contributed by atoms with van der Waals surface area (Å²) in [6.07, 6.45) is 1.58. The first-order valence-corrected chi connectivity index (χ1v) is 8.91. The van der Waals surface area contributed by atoms with Gasteiger partial charge in [-0.25, -0.2) is 0 Å². The van der Waals surface area contributed by atoms with E-state index in [9.17, 15) is 0 Å². The molecule has 3 aromatic rings. The molecular formula is C20H22ClN5O. The number of nitrogens with one attached hydrogen (secondary N) is 2. The van der Waals surface area contributed by atoms with Crippen molar-refractivity contribution >= 4 is 34.7 Å². The Kier molecular flexibility index (Phi) is 5.46. The summed E-state index contributed by atoms with van der Waals surface area (Å²) in [7, 11) is 1.59. The number of halogens is 1. The fourth-order valence-electron chi connectivity index (χ4n) is 2.70. The van der Waals surface area contributed by atoms with Crippen LogP contribution in [-0.2, 0) is 5.41 Å². The number of anilines is 4. The first kappa shape index (κ1) is 18.9. The average molecular weight is 384 g/mol. The van der Waals surface area contributed by atoms with Gasteiger partial charge in [0.25, 0.3) is 0 Å². The van der Waals surface area contributed by atoms with Crippen molar-refractivity contribution in [2.45, 2.75) is 26.2 Å². The zero-order chi connectivity index (χ0) is 19.4. The summed E-state index contributed by atoms with van der Waals surface area (Å²) in [5.74, 6) is 1.57. The van der Waals surface area contributed by atoms with Crippen molar-refractivity contribution in [1.82, 2.24) is 15.2 Å². The number of nitrogens with zero attached hydrogens (tertiary/aromatic N) is 3. The first-order valence-electron chi connectivity index (χ1n) is 8.53. The van der Waals surface area contributed by atoms with E-state index in [1.807, 2.05) is 18.2 Å². The number of ether oxygens (including phenoxy) is 1. The standard InChI is InChI=1S/C20H22ClN5O/c1-20(2,3)14-7-5-6-8-15(14)23-18-12-22-26-19(25-18)24-16-11-13(21)9-10-17(16)27-4/h5-12H,1-4H3,(H2,23,24,25,26). The third kappa shape index (κ3) is 4.65. The number of para-hydroxylation sites is 1. The van der Waals surface area contributed by atoms with Gasteiger partial charge in [0.05, 0.1) is 19.0 Å². The van der Waals surface area contributed by atoms with Crippen LogP contribution in [0.1, 0.15) is 26.3 Å². The first-order chi connectivity index (χ1) is 12.9. The summed E-state index contributed by atoms with van der Waals surface area (Å²) < 4.78 is 5.34. The monoisotopic (exact) mass is 383 g/mol. The number of rotatable bonds is 5. The Bertz CT molecular complexity index is 940. The van der Waals surface area contributed by atoms with Crippen molar-refractivity contribution in [1.29, 1.82) is 0 Å². The second-order valence-electron chi connectivity index (χ2n) is 7.06. The van der Waals surface area contributed by atoms with E-state index in [2.05, 4.69) is 52.7 Å². The molecule has 140 valence electrons. The molecule has 0 spiro atoms. The molecule has 0 radical (unpaired) electrons. The maximum absolute atomic E-state index is 6.07. The maximum atomic E-state index is 6.07. The molecule has 1 heterocycles. The van der Waals surface area contributed by atoms with Crippen molar-refractivity contribution < 1.29 is 4.74 Å².